The van der Waals surface area contributed by atoms with E-state index in [1.54, 1.807) is 60.7 Å². The number of piperazine rings is 1. The van der Waals surface area contributed by atoms with Gasteiger partial charge in [0.2, 0.25) is 5.82 Å². The summed E-state index contributed by atoms with van der Waals surface area (Å²) < 4.78 is 74.5. The van der Waals surface area contributed by atoms with E-state index < -0.39 is 40.7 Å². The molecule has 0 spiro atoms. The highest BCUT2D eigenvalue weighted by atomic mass is 35.5. The molecule has 2 heterocycles. The highest BCUT2D eigenvalue weighted by molar-refractivity contribution is 6.30. The topological polar surface area (TPSA) is 48.7 Å². The lowest BCUT2D eigenvalue weighted by atomic mass is 10.2. The second kappa shape index (κ2) is 10.4. The Bertz CT molecular complexity index is 1460. The Kier molecular flexibility index (Phi) is 6.98. The Morgan fingerprint density at radius 3 is 1.87 bits per heavy atom. The maximum absolute atomic E-state index is 14.2. The molecule has 3 aromatic carbocycles. The monoisotopic (exact) mass is 547 g/mol. The summed E-state index contributed by atoms with van der Waals surface area (Å²) in [6, 6.07) is 17.1. The van der Waals surface area contributed by atoms with E-state index in [4.69, 9.17) is 16.0 Å². The van der Waals surface area contributed by atoms with Crippen molar-refractivity contribution in [3.63, 3.8) is 0 Å². The van der Waals surface area contributed by atoms with Gasteiger partial charge < -0.3 is 19.5 Å². The minimum atomic E-state index is -2.18. The molecule has 1 aliphatic rings. The van der Waals surface area contributed by atoms with Gasteiger partial charge in [-0.3, -0.25) is 4.79 Å². The van der Waals surface area contributed by atoms with Crippen molar-refractivity contribution in [1.82, 2.24) is 0 Å². The van der Waals surface area contributed by atoms with Gasteiger partial charge in [0.25, 0.3) is 5.91 Å². The Balaban J connectivity index is 1.21. The zero-order valence-electron chi connectivity index (χ0n) is 19.6. The van der Waals surface area contributed by atoms with Crippen LogP contribution in [-0.4, -0.2) is 32.1 Å². The van der Waals surface area contributed by atoms with Crippen LogP contribution in [0.25, 0.3) is 11.3 Å². The van der Waals surface area contributed by atoms with Crippen LogP contribution >= 0.6 is 11.6 Å². The van der Waals surface area contributed by atoms with Crippen molar-refractivity contribution in [3.05, 3.63) is 101 Å². The normalized spacial score (nSPS) is 13.6. The number of anilines is 3. The predicted molar refractivity (Wildman–Crippen MR) is 134 cm³/mol. The molecule has 1 aromatic heterocycles. The summed E-state index contributed by atoms with van der Waals surface area (Å²) in [4.78, 5) is 15.7. The van der Waals surface area contributed by atoms with Gasteiger partial charge in [0.1, 0.15) is 11.4 Å². The average Bonchev–Trinajstić information content (AvgIpc) is 3.43. The fourth-order valence-corrected chi connectivity index (χ4v) is 4.36. The number of carbonyl (C=O) groups excluding carboxylic acids is 1. The summed E-state index contributed by atoms with van der Waals surface area (Å²) in [7, 11) is 0. The van der Waals surface area contributed by atoms with Crippen LogP contribution in [0.4, 0.5) is 39.0 Å². The summed E-state index contributed by atoms with van der Waals surface area (Å²) in [6.45, 7) is 0.659. The van der Waals surface area contributed by atoms with E-state index in [-0.39, 0.29) is 31.9 Å². The van der Waals surface area contributed by atoms with Gasteiger partial charge in [-0.15, -0.1) is 0 Å². The van der Waals surface area contributed by atoms with Crippen molar-refractivity contribution in [2.24, 2.45) is 0 Å². The summed E-state index contributed by atoms with van der Waals surface area (Å²) in [6.07, 6.45) is 0. The lowest BCUT2D eigenvalue weighted by molar-refractivity contribution is 0.0997. The second-order valence-electron chi connectivity index (χ2n) is 8.56. The van der Waals surface area contributed by atoms with Crippen molar-refractivity contribution >= 4 is 34.6 Å². The highest BCUT2D eigenvalue weighted by Gasteiger charge is 2.30. The molecule has 0 aliphatic carbocycles. The van der Waals surface area contributed by atoms with Crippen LogP contribution in [0.1, 0.15) is 10.6 Å². The largest absolute Gasteiger partial charge is 0.451 e. The number of hydrogen-bond acceptors (Lipinski definition) is 4. The first-order valence-electron chi connectivity index (χ1n) is 11.5. The first kappa shape index (κ1) is 25.6. The van der Waals surface area contributed by atoms with Gasteiger partial charge >= 0.3 is 0 Å². The SMILES string of the molecule is O=C(Nc1ccc(N2CCN(c3c(F)c(F)c(F)c(F)c3F)CC2)cc1)c1ccc(-c2ccc(Cl)cc2)o1. The number of benzene rings is 3. The Morgan fingerprint density at radius 2 is 1.26 bits per heavy atom. The number of hydrogen-bond donors (Lipinski definition) is 1. The molecule has 4 aromatic rings. The van der Waals surface area contributed by atoms with E-state index in [0.717, 1.165) is 16.2 Å². The third-order valence-electron chi connectivity index (χ3n) is 6.23. The van der Waals surface area contributed by atoms with Crippen molar-refractivity contribution in [1.29, 1.82) is 0 Å². The van der Waals surface area contributed by atoms with Crippen molar-refractivity contribution in [2.45, 2.75) is 0 Å². The van der Waals surface area contributed by atoms with Gasteiger partial charge in [-0.25, -0.2) is 22.0 Å². The number of furan rings is 1. The molecule has 1 saturated heterocycles. The van der Waals surface area contributed by atoms with Crippen molar-refractivity contribution < 1.29 is 31.2 Å². The molecule has 5 rings (SSSR count). The lowest BCUT2D eigenvalue weighted by Gasteiger charge is -2.37. The molecule has 0 saturated carbocycles. The number of rotatable bonds is 5. The number of halogens is 6. The third-order valence-corrected chi connectivity index (χ3v) is 6.48. The third kappa shape index (κ3) is 4.91. The van der Waals surface area contributed by atoms with Crippen LogP contribution in [0.3, 0.4) is 0 Å². The molecule has 0 bridgehead atoms. The maximum atomic E-state index is 14.2. The number of carbonyl (C=O) groups is 1. The highest BCUT2D eigenvalue weighted by Crippen LogP contribution is 2.32. The molecule has 38 heavy (non-hydrogen) atoms. The van der Waals surface area contributed by atoms with Gasteiger partial charge in [0, 0.05) is 48.1 Å². The quantitative estimate of drug-likeness (QED) is 0.168. The maximum Gasteiger partial charge on any atom is 0.291 e. The number of nitrogens with zero attached hydrogens (tertiary/aromatic N) is 2. The molecule has 0 unspecified atom stereocenters. The molecule has 11 heteroatoms. The minimum absolute atomic E-state index is 0.0469. The van der Waals surface area contributed by atoms with E-state index in [0.29, 0.717) is 16.5 Å². The van der Waals surface area contributed by atoms with E-state index in [9.17, 15) is 26.7 Å². The Hall–Kier alpha value is -4.05. The molecule has 1 aliphatic heterocycles. The summed E-state index contributed by atoms with van der Waals surface area (Å²) in [5.74, 6) is -9.57. The van der Waals surface area contributed by atoms with Gasteiger partial charge in [-0.05, 0) is 60.7 Å². The summed E-state index contributed by atoms with van der Waals surface area (Å²) >= 11 is 5.90. The standard InChI is InChI=1S/C27H19ClF5N3O2/c28-16-3-1-15(2-4-16)19-9-10-20(38-19)27(37)34-17-5-7-18(8-6-17)35-11-13-36(14-12-35)26-24(32)22(30)21(29)23(31)25(26)33/h1-10H,11-14H2,(H,34,37). The fourth-order valence-electron chi connectivity index (χ4n) is 4.24. The zero-order chi connectivity index (χ0) is 27.0. The smallest absolute Gasteiger partial charge is 0.291 e. The van der Waals surface area contributed by atoms with Gasteiger partial charge in [0.15, 0.2) is 29.0 Å². The van der Waals surface area contributed by atoms with Crippen molar-refractivity contribution in [3.8, 4) is 11.3 Å². The van der Waals surface area contributed by atoms with Crippen LogP contribution in [0.15, 0.2) is 65.1 Å². The minimum Gasteiger partial charge on any atom is -0.451 e. The first-order valence-corrected chi connectivity index (χ1v) is 11.9. The van der Waals surface area contributed by atoms with Crippen molar-refractivity contribution in [2.75, 3.05) is 41.3 Å². The van der Waals surface area contributed by atoms with Gasteiger partial charge in [-0.2, -0.15) is 0 Å². The lowest BCUT2D eigenvalue weighted by Crippen LogP contribution is -2.47. The van der Waals surface area contributed by atoms with Gasteiger partial charge in [0.05, 0.1) is 0 Å². The van der Waals surface area contributed by atoms with E-state index >= 15 is 0 Å². The average molecular weight is 548 g/mol. The summed E-state index contributed by atoms with van der Waals surface area (Å²) in [5.41, 5.74) is 1.14. The molecule has 0 radical (unpaired) electrons. The molecule has 1 N–H and O–H groups in total. The molecular formula is C27H19ClF5N3O2. The molecule has 5 nitrogen and oxygen atoms in total. The van der Waals surface area contributed by atoms with Crippen LogP contribution < -0.4 is 15.1 Å². The van der Waals surface area contributed by atoms with E-state index in [2.05, 4.69) is 5.32 Å². The van der Waals surface area contributed by atoms with Crippen LogP contribution in [-0.2, 0) is 0 Å². The van der Waals surface area contributed by atoms with E-state index in [1.807, 2.05) is 4.90 Å². The van der Waals surface area contributed by atoms with Crippen LogP contribution in [0.2, 0.25) is 5.02 Å². The van der Waals surface area contributed by atoms with Gasteiger partial charge in [-0.1, -0.05) is 11.6 Å². The summed E-state index contributed by atoms with van der Waals surface area (Å²) in [5, 5.41) is 3.34. The zero-order valence-corrected chi connectivity index (χ0v) is 20.3. The molecule has 0 atom stereocenters. The first-order chi connectivity index (χ1) is 18.2. The fraction of sp³-hybridized carbons (Fsp3) is 0.148. The predicted octanol–water partition coefficient (Wildman–Crippen LogP) is 6.87. The molecule has 1 amide bonds. The van der Waals surface area contributed by atoms with E-state index in [1.165, 1.54) is 0 Å². The molecule has 1 fully saturated rings. The number of amides is 1. The second-order valence-corrected chi connectivity index (χ2v) is 9.00. The molecular weight excluding hydrogens is 529 g/mol. The number of nitrogens with one attached hydrogen (secondary N) is 1. The van der Waals surface area contributed by atoms with Crippen LogP contribution in [0.5, 0.6) is 0 Å². The van der Waals surface area contributed by atoms with Crippen LogP contribution in [0, 0.1) is 29.1 Å². The Morgan fingerprint density at radius 1 is 0.711 bits per heavy atom. The molecule has 196 valence electrons. The Labute approximate surface area is 219 Å².